The lowest BCUT2D eigenvalue weighted by molar-refractivity contribution is -0.386. The van der Waals surface area contributed by atoms with Crippen molar-refractivity contribution in [3.63, 3.8) is 0 Å². The summed E-state index contributed by atoms with van der Waals surface area (Å²) in [7, 11) is 0. The standard InChI is InChI=1S/C18H23NO4.C17H19FN2O5.C15H17FO3.C13H16O3.C6H8FN.CH4/c1-13(2)12-23-15(4)17-10-9-16(11-18(17)19(21)22)8-6-5-7-14(3)20;1-12(2)10-24-17(21)25-11-15-9-14(5-4-8-19-13(3)18)6-7-16(15)20(22)23;1-11(2)9-18-15(17)19-10-14-8-13(6-7-16)5-4-12(14)3;1-10(2)9-16-13(15)8-7-11-5-3-4-6-12(11)14;1-3-4-5-8-6(2)7;/h9-11,13,15H,5,7,12H2,1-4H3;6-7,9,12,19H,3,8,10-11H2,1-2H3;4-5,8,11H,9-10H2,1-3H3;3-8,10,14H,9H2,1-2H3;8H,2,5H2,1H3;1H4/b;;;8-7+;;. The van der Waals surface area contributed by atoms with Crippen LogP contribution in [0.15, 0.2) is 110 Å². The van der Waals surface area contributed by atoms with E-state index >= 15 is 0 Å². The molecule has 4 rings (SSSR count). The topological polar surface area (TPSA) is 254 Å². The number of aryl methyl sites for hydroxylation is 1. The second-order valence-corrected chi connectivity index (χ2v) is 21.0. The van der Waals surface area contributed by atoms with Gasteiger partial charge in [0.2, 0.25) is 0 Å². The molecule has 1 atom stereocenters. The van der Waals surface area contributed by atoms with Gasteiger partial charge in [-0.1, -0.05) is 117 Å². The molecule has 0 saturated heterocycles. The number of esters is 1. The number of phenolic OH excluding ortho intramolecular Hbond substituents is 1. The number of ether oxygens (including phenoxy) is 6. The summed E-state index contributed by atoms with van der Waals surface area (Å²) in [5.41, 5.74) is 4.45. The van der Waals surface area contributed by atoms with Crippen molar-refractivity contribution in [3.8, 4) is 53.4 Å². The van der Waals surface area contributed by atoms with Crippen molar-refractivity contribution in [2.24, 2.45) is 23.7 Å². The summed E-state index contributed by atoms with van der Waals surface area (Å²) in [6.45, 7) is 30.2. The molecule has 0 saturated carbocycles. The molecular weight excluding hydrogens is 1190 g/mol. The van der Waals surface area contributed by atoms with Crippen molar-refractivity contribution in [2.45, 2.75) is 123 Å². The van der Waals surface area contributed by atoms with E-state index in [9.17, 15) is 57.7 Å². The molecule has 0 aromatic heterocycles. The fraction of sp³-hybridized carbons (Fsp3) is 0.400. The molecule has 4 aromatic carbocycles. The second kappa shape index (κ2) is 48.8. The third kappa shape index (κ3) is 42.0. The molecule has 0 aliphatic rings. The molecule has 498 valence electrons. The van der Waals surface area contributed by atoms with E-state index in [0.717, 1.165) is 11.1 Å². The Kier molecular flexibility index (Phi) is 44.6. The Bertz CT molecular complexity index is 3320. The number of para-hydroxylation sites is 1. The van der Waals surface area contributed by atoms with Crippen molar-refractivity contribution in [2.75, 3.05) is 39.5 Å². The highest BCUT2D eigenvalue weighted by Gasteiger charge is 2.21. The first kappa shape index (κ1) is 84.0. The van der Waals surface area contributed by atoms with E-state index in [4.69, 9.17) is 28.4 Å². The van der Waals surface area contributed by atoms with Crippen LogP contribution >= 0.6 is 0 Å². The smallest absolute Gasteiger partial charge is 0.507 e. The van der Waals surface area contributed by atoms with Crippen LogP contribution in [0.3, 0.4) is 0 Å². The summed E-state index contributed by atoms with van der Waals surface area (Å²) in [6.07, 6.45) is 3.11. The van der Waals surface area contributed by atoms with Crippen molar-refractivity contribution in [3.05, 3.63) is 175 Å². The summed E-state index contributed by atoms with van der Waals surface area (Å²) in [6, 6.07) is 21.1. The molecule has 0 aliphatic heterocycles. The number of aromatic hydroxyl groups is 1. The molecule has 0 spiro atoms. The summed E-state index contributed by atoms with van der Waals surface area (Å²) < 4.78 is 66.2. The Morgan fingerprint density at radius 2 is 1.13 bits per heavy atom. The Morgan fingerprint density at radius 1 is 0.641 bits per heavy atom. The van der Waals surface area contributed by atoms with Gasteiger partial charge in [0, 0.05) is 59.9 Å². The van der Waals surface area contributed by atoms with Crippen LogP contribution in [-0.2, 0) is 51.2 Å². The van der Waals surface area contributed by atoms with Gasteiger partial charge in [-0.3, -0.25) is 25.0 Å². The van der Waals surface area contributed by atoms with Gasteiger partial charge in [0.05, 0.1) is 60.0 Å². The van der Waals surface area contributed by atoms with Gasteiger partial charge in [-0.15, -0.1) is 10.3 Å². The number of carbonyl (C=O) groups excluding carboxylic acids is 4. The van der Waals surface area contributed by atoms with Crippen LogP contribution in [0.4, 0.5) is 34.1 Å². The van der Waals surface area contributed by atoms with E-state index in [1.54, 1.807) is 61.5 Å². The molecule has 0 fully saturated rings. The van der Waals surface area contributed by atoms with Gasteiger partial charge in [-0.05, 0) is 130 Å². The lowest BCUT2D eigenvalue weighted by Crippen LogP contribution is -2.12. The number of hydrogen-bond donors (Lipinski definition) is 3. The highest BCUT2D eigenvalue weighted by atomic mass is 19.1. The van der Waals surface area contributed by atoms with Crippen LogP contribution in [-0.4, -0.2) is 78.5 Å². The lowest BCUT2D eigenvalue weighted by atomic mass is 10.0. The number of benzene rings is 4. The minimum Gasteiger partial charge on any atom is -0.507 e. The quantitative estimate of drug-likeness (QED) is 0.0112. The fourth-order valence-electron chi connectivity index (χ4n) is 6.29. The summed E-state index contributed by atoms with van der Waals surface area (Å²) >= 11 is 0. The molecule has 0 bridgehead atoms. The maximum atomic E-state index is 12.4. The van der Waals surface area contributed by atoms with Crippen molar-refractivity contribution in [1.29, 1.82) is 0 Å². The van der Waals surface area contributed by atoms with Crippen LogP contribution in [0.5, 0.6) is 5.75 Å². The van der Waals surface area contributed by atoms with Gasteiger partial charge < -0.3 is 44.2 Å². The summed E-state index contributed by atoms with van der Waals surface area (Å²) in [5.74, 6) is 18.3. The van der Waals surface area contributed by atoms with Gasteiger partial charge in [0.1, 0.15) is 30.9 Å². The first-order chi connectivity index (χ1) is 43.0. The molecule has 3 N–H and O–H groups in total. The zero-order valence-electron chi connectivity index (χ0n) is 53.7. The van der Waals surface area contributed by atoms with Crippen molar-refractivity contribution in [1.82, 2.24) is 10.6 Å². The molecule has 4 aromatic rings. The number of nitro groups is 2. The fourth-order valence-corrected chi connectivity index (χ4v) is 6.29. The number of hydrogen-bond acceptors (Lipinski definition) is 17. The second-order valence-electron chi connectivity index (χ2n) is 21.0. The Labute approximate surface area is 539 Å². The zero-order valence-corrected chi connectivity index (χ0v) is 53.7. The van der Waals surface area contributed by atoms with E-state index in [2.05, 4.69) is 65.2 Å². The molecule has 0 heterocycles. The Balaban J connectivity index is 0. The van der Waals surface area contributed by atoms with Crippen LogP contribution in [0.1, 0.15) is 147 Å². The first-order valence-electron chi connectivity index (χ1n) is 28.6. The highest BCUT2D eigenvalue weighted by molar-refractivity contribution is 5.87. The minimum atomic E-state index is -0.898. The number of Topliss-reactive ketones (excluding diaryl/α,β-unsaturated/α-hetero) is 1. The van der Waals surface area contributed by atoms with Crippen LogP contribution in [0, 0.1) is 98.4 Å². The van der Waals surface area contributed by atoms with Gasteiger partial charge >= 0.3 is 18.3 Å². The number of halogens is 3. The number of nitro benzene ring substituents is 2. The highest BCUT2D eigenvalue weighted by Crippen LogP contribution is 2.29. The number of phenols is 1. The monoisotopic (exact) mass is 1280 g/mol. The lowest BCUT2D eigenvalue weighted by Gasteiger charge is -2.15. The molecular formula is C70H87F3N4O15. The predicted molar refractivity (Wildman–Crippen MR) is 350 cm³/mol. The predicted octanol–water partition coefficient (Wildman–Crippen LogP) is 15.2. The third-order valence-corrected chi connectivity index (χ3v) is 10.8. The number of carbonyl (C=O) groups is 4. The van der Waals surface area contributed by atoms with Gasteiger partial charge in [0.25, 0.3) is 11.4 Å². The summed E-state index contributed by atoms with van der Waals surface area (Å²) in [5, 5.41) is 36.4. The number of nitrogens with zero attached hydrogens (tertiary/aromatic N) is 2. The molecule has 22 heteroatoms. The Hall–Kier alpha value is -10.0. The van der Waals surface area contributed by atoms with Gasteiger partial charge in [-0.25, -0.2) is 14.4 Å². The van der Waals surface area contributed by atoms with Crippen molar-refractivity contribution < 1.29 is 75.7 Å². The normalized spacial score (nSPS) is 10.1. The third-order valence-electron chi connectivity index (χ3n) is 10.8. The molecule has 0 radical (unpaired) electrons. The SMILES string of the molecule is C.C=C(F)NCC#CC.C=C(F)NCC#Cc1ccc([N+](=O)[O-])c(COC(=O)OCC(C)C)c1.CC(=O)CCC#Cc1ccc(C(C)OCC(C)C)c([N+](=O)[O-])c1.CC(C)COC(=O)/C=C/c1ccccc1O.Cc1ccc(C#CF)cc1COC(=O)OCC(C)C. The van der Waals surface area contributed by atoms with Crippen LogP contribution < -0.4 is 10.6 Å². The summed E-state index contributed by atoms with van der Waals surface area (Å²) in [4.78, 5) is 66.2. The van der Waals surface area contributed by atoms with E-state index in [0.29, 0.717) is 78.9 Å². The van der Waals surface area contributed by atoms with Gasteiger partial charge in [0.15, 0.2) is 11.9 Å². The van der Waals surface area contributed by atoms with Gasteiger partial charge in [-0.2, -0.15) is 8.78 Å². The van der Waals surface area contributed by atoms with Crippen LogP contribution in [0.25, 0.3) is 6.08 Å². The van der Waals surface area contributed by atoms with Crippen molar-refractivity contribution >= 4 is 41.5 Å². The Morgan fingerprint density at radius 3 is 1.65 bits per heavy atom. The van der Waals surface area contributed by atoms with E-state index in [1.165, 1.54) is 49.5 Å². The largest absolute Gasteiger partial charge is 0.508 e. The molecule has 0 amide bonds. The molecule has 19 nitrogen and oxygen atoms in total. The number of nitrogens with one attached hydrogen (secondary N) is 2. The number of ketones is 1. The maximum absolute atomic E-state index is 12.4. The van der Waals surface area contributed by atoms with E-state index < -0.39 is 40.0 Å². The minimum absolute atomic E-state index is 0. The van der Waals surface area contributed by atoms with Crippen LogP contribution in [0.2, 0.25) is 0 Å². The number of rotatable bonds is 24. The zero-order chi connectivity index (χ0) is 68.8. The molecule has 92 heavy (non-hydrogen) atoms. The first-order valence-corrected chi connectivity index (χ1v) is 28.6. The average molecular weight is 1280 g/mol. The van der Waals surface area contributed by atoms with E-state index in [-0.39, 0.29) is 80.2 Å². The van der Waals surface area contributed by atoms with E-state index in [1.807, 2.05) is 69.2 Å². The molecule has 1 unspecified atom stereocenters. The maximum Gasteiger partial charge on any atom is 0.508 e. The molecule has 0 aliphatic carbocycles. The average Bonchev–Trinajstić information content (AvgIpc) is 0.880.